The Bertz CT molecular complexity index is 367. The van der Waals surface area contributed by atoms with Crippen LogP contribution < -0.4 is 4.46 Å². The first kappa shape index (κ1) is 14.6. The van der Waals surface area contributed by atoms with Gasteiger partial charge >= 0.3 is 114 Å². The molecule has 0 saturated carbocycles. The van der Waals surface area contributed by atoms with Crippen molar-refractivity contribution in [1.29, 1.82) is 0 Å². The summed E-state index contributed by atoms with van der Waals surface area (Å²) < 4.78 is 5.28. The topological polar surface area (TPSA) is 26.3 Å². The van der Waals surface area contributed by atoms with Crippen LogP contribution in [0.2, 0.25) is 0 Å². The van der Waals surface area contributed by atoms with Crippen molar-refractivity contribution in [1.82, 2.24) is 0 Å². The number of hydrogen-bond acceptors (Lipinski definition) is 2. The molecule has 1 aromatic rings. The van der Waals surface area contributed by atoms with Gasteiger partial charge in [0.25, 0.3) is 0 Å². The van der Waals surface area contributed by atoms with Crippen LogP contribution in [0.1, 0.15) is 20.8 Å². The minimum atomic E-state index is -0.912. The van der Waals surface area contributed by atoms with Crippen molar-refractivity contribution in [3.63, 3.8) is 0 Å². The molecular weight excluding hydrogens is 303 g/mol. The predicted molar refractivity (Wildman–Crippen MR) is 71.9 cm³/mol. The average molecular weight is 320 g/mol. The molecule has 0 radical (unpaired) electrons. The molecule has 0 aromatic heterocycles. The third-order valence-electron chi connectivity index (χ3n) is 2.31. The van der Waals surface area contributed by atoms with Crippen LogP contribution in [0.15, 0.2) is 30.3 Å². The van der Waals surface area contributed by atoms with Gasteiger partial charge in [-0.3, -0.25) is 0 Å². The Labute approximate surface area is 114 Å². The quantitative estimate of drug-likeness (QED) is 0.472. The predicted octanol–water partition coefficient (Wildman–Crippen LogP) is 2.17. The molecule has 1 rings (SSSR count). The fourth-order valence-corrected chi connectivity index (χ4v) is 3.93. The average Bonchev–Trinajstić information content (AvgIpc) is 2.30. The van der Waals surface area contributed by atoms with Crippen LogP contribution in [0.4, 0.5) is 0 Å². The number of rotatable bonds is 5. The third-order valence-corrected chi connectivity index (χ3v) is 6.33. The second kappa shape index (κ2) is 6.44. The first-order valence-electron chi connectivity index (χ1n) is 5.61. The number of esters is 1. The molecule has 0 heterocycles. The first-order valence-corrected chi connectivity index (χ1v) is 7.70. The van der Waals surface area contributed by atoms with Gasteiger partial charge in [-0.25, -0.2) is 0 Å². The molecule has 0 saturated heterocycles. The molecule has 0 fully saturated rings. The molecule has 1 aromatic carbocycles. The van der Waals surface area contributed by atoms with Crippen LogP contribution in [0.25, 0.3) is 0 Å². The van der Waals surface area contributed by atoms with Crippen LogP contribution in [-0.2, 0) is 9.53 Å². The van der Waals surface area contributed by atoms with Gasteiger partial charge in [0.15, 0.2) is 0 Å². The molecule has 0 bridgehead atoms. The molecular formula is C13H17ClO2Se. The molecule has 0 N–H and O–H groups in total. The Morgan fingerprint density at radius 3 is 2.47 bits per heavy atom. The van der Waals surface area contributed by atoms with Crippen molar-refractivity contribution in [2.24, 2.45) is 5.92 Å². The van der Waals surface area contributed by atoms with Gasteiger partial charge in [-0.1, -0.05) is 0 Å². The van der Waals surface area contributed by atoms with E-state index in [1.54, 1.807) is 6.92 Å². The number of carbonyl (C=O) groups excluding carboxylic acids is 1. The summed E-state index contributed by atoms with van der Waals surface area (Å²) in [5, 5.41) is 0. The Balaban J connectivity index is 2.89. The summed E-state index contributed by atoms with van der Waals surface area (Å²) in [6.07, 6.45) is 0. The zero-order valence-corrected chi connectivity index (χ0v) is 12.7. The number of alkyl halides is 1. The normalized spacial score (nSPS) is 14.4. The van der Waals surface area contributed by atoms with Crippen LogP contribution in [-0.4, -0.2) is 31.3 Å². The SMILES string of the molecule is CCOC(=O)C(Cl)([Se]c1ccccc1)C(C)C. The number of benzene rings is 1. The van der Waals surface area contributed by atoms with Crippen molar-refractivity contribution < 1.29 is 9.53 Å². The fourth-order valence-electron chi connectivity index (χ4n) is 1.28. The monoisotopic (exact) mass is 320 g/mol. The zero-order chi connectivity index (χ0) is 12.9. The second-order valence-electron chi connectivity index (χ2n) is 3.94. The van der Waals surface area contributed by atoms with Crippen LogP contribution in [0.3, 0.4) is 0 Å². The molecule has 0 aliphatic heterocycles. The van der Waals surface area contributed by atoms with Crippen molar-refractivity contribution in [2.75, 3.05) is 6.61 Å². The van der Waals surface area contributed by atoms with E-state index >= 15 is 0 Å². The molecule has 0 spiro atoms. The Morgan fingerprint density at radius 1 is 1.41 bits per heavy atom. The van der Waals surface area contributed by atoms with Gasteiger partial charge in [-0.05, 0) is 0 Å². The molecule has 0 aliphatic carbocycles. The maximum atomic E-state index is 12.0. The van der Waals surface area contributed by atoms with Gasteiger partial charge in [-0.2, -0.15) is 0 Å². The second-order valence-corrected chi connectivity index (χ2v) is 7.81. The van der Waals surface area contributed by atoms with E-state index in [4.69, 9.17) is 16.3 Å². The molecule has 4 heteroatoms. The van der Waals surface area contributed by atoms with E-state index in [-0.39, 0.29) is 26.8 Å². The summed E-state index contributed by atoms with van der Waals surface area (Å²) in [6, 6.07) is 9.87. The zero-order valence-electron chi connectivity index (χ0n) is 10.3. The number of halogens is 1. The molecule has 0 aliphatic rings. The van der Waals surface area contributed by atoms with Crippen molar-refractivity contribution in [3.8, 4) is 0 Å². The Kier molecular flexibility index (Phi) is 5.51. The minimum absolute atomic E-state index is 0.0448. The molecule has 94 valence electrons. The van der Waals surface area contributed by atoms with Gasteiger partial charge < -0.3 is 0 Å². The van der Waals surface area contributed by atoms with Gasteiger partial charge in [0.2, 0.25) is 0 Å². The maximum absolute atomic E-state index is 12.0. The van der Waals surface area contributed by atoms with Gasteiger partial charge in [0, 0.05) is 0 Å². The first-order chi connectivity index (χ1) is 8.00. The Hall–Kier alpha value is -0.501. The van der Waals surface area contributed by atoms with Gasteiger partial charge in [0.1, 0.15) is 0 Å². The molecule has 2 nitrogen and oxygen atoms in total. The number of carbonyl (C=O) groups is 1. The van der Waals surface area contributed by atoms with Crippen LogP contribution in [0.5, 0.6) is 0 Å². The van der Waals surface area contributed by atoms with E-state index in [0.29, 0.717) is 6.61 Å². The van der Waals surface area contributed by atoms with Crippen molar-refractivity contribution in [3.05, 3.63) is 30.3 Å². The van der Waals surface area contributed by atoms with Gasteiger partial charge in [0.05, 0.1) is 0 Å². The third kappa shape index (κ3) is 3.74. The van der Waals surface area contributed by atoms with Crippen molar-refractivity contribution in [2.45, 2.75) is 24.5 Å². The summed E-state index contributed by atoms with van der Waals surface area (Å²) in [7, 11) is 0. The number of hydrogen-bond donors (Lipinski definition) is 0. The van der Waals surface area contributed by atoms with E-state index in [0.717, 1.165) is 4.46 Å². The van der Waals surface area contributed by atoms with Gasteiger partial charge in [-0.15, -0.1) is 0 Å². The van der Waals surface area contributed by atoms with Crippen LogP contribution in [0, 0.1) is 5.92 Å². The summed E-state index contributed by atoms with van der Waals surface area (Å²) >= 11 is 6.35. The van der Waals surface area contributed by atoms with E-state index in [1.165, 1.54) is 0 Å². The Morgan fingerprint density at radius 2 is 2.00 bits per heavy atom. The summed E-state index contributed by atoms with van der Waals surface area (Å²) in [5.41, 5.74) is 0. The summed E-state index contributed by atoms with van der Waals surface area (Å²) in [6.45, 7) is 6.07. The van der Waals surface area contributed by atoms with E-state index < -0.39 is 3.77 Å². The fraction of sp³-hybridized carbons (Fsp3) is 0.462. The molecule has 0 amide bonds. The standard InChI is InChI=1S/C13H17ClO2Se/c1-4-16-12(15)13(14,10(2)3)17-11-8-6-5-7-9-11/h5-10H,4H2,1-3H3. The van der Waals surface area contributed by atoms with E-state index in [2.05, 4.69) is 0 Å². The summed E-state index contributed by atoms with van der Waals surface area (Å²) in [5.74, 6) is -0.260. The molecule has 17 heavy (non-hydrogen) atoms. The summed E-state index contributed by atoms with van der Waals surface area (Å²) in [4.78, 5) is 12.0. The van der Waals surface area contributed by atoms with E-state index in [1.807, 2.05) is 44.2 Å². The molecule has 1 atom stereocenters. The molecule has 1 unspecified atom stereocenters. The number of ether oxygens (including phenoxy) is 1. The van der Waals surface area contributed by atoms with Crippen molar-refractivity contribution >= 4 is 37.0 Å². The van der Waals surface area contributed by atoms with E-state index in [9.17, 15) is 4.79 Å². The van der Waals surface area contributed by atoms with Crippen LogP contribution >= 0.6 is 11.6 Å².